The van der Waals surface area contributed by atoms with Crippen LogP contribution in [0.4, 0.5) is 0 Å². The number of nitrogens with zero attached hydrogens (tertiary/aromatic N) is 1. The van der Waals surface area contributed by atoms with Crippen molar-refractivity contribution in [3.63, 3.8) is 0 Å². The summed E-state index contributed by atoms with van der Waals surface area (Å²) in [6.07, 6.45) is 3.79. The molecule has 0 spiro atoms. The van der Waals surface area contributed by atoms with Crippen LogP contribution in [0.5, 0.6) is 11.5 Å². The molecular formula is C50H72ClN7O7. The number of nitrogens with one attached hydrogen (secondary N) is 3. The summed E-state index contributed by atoms with van der Waals surface area (Å²) in [6.45, 7) is 13.2. The van der Waals surface area contributed by atoms with E-state index in [1.54, 1.807) is 0 Å². The molecule has 14 nitrogen and oxygen atoms in total. The summed E-state index contributed by atoms with van der Waals surface area (Å²) < 4.78 is 18.4. The average molecular weight is 919 g/mol. The molecule has 4 aromatic rings. The Kier molecular flexibility index (Phi) is 22.9. The number of unbranched alkanes of at least 4 members (excludes halogenated alkanes) is 1. The highest BCUT2D eigenvalue weighted by molar-refractivity contribution is 6.10. The lowest BCUT2D eigenvalue weighted by Gasteiger charge is -2.26. The van der Waals surface area contributed by atoms with Crippen LogP contribution in [0.25, 0.3) is 32.7 Å². The molecule has 0 saturated heterocycles. The summed E-state index contributed by atoms with van der Waals surface area (Å²) in [5.41, 5.74) is 18.5. The minimum atomic E-state index is -1.08. The molecule has 65 heavy (non-hydrogen) atoms. The van der Waals surface area contributed by atoms with Crippen LogP contribution < -0.4 is 42.6 Å². The number of esters is 1. The van der Waals surface area contributed by atoms with Gasteiger partial charge in [-0.15, -0.1) is 12.4 Å². The maximum Gasteiger partial charge on any atom is 0.328 e. The molecule has 3 amide bonds. The summed E-state index contributed by atoms with van der Waals surface area (Å²) in [6, 6.07) is 20.9. The smallest absolute Gasteiger partial charge is 0.328 e. The predicted molar refractivity (Wildman–Crippen MR) is 263 cm³/mol. The van der Waals surface area contributed by atoms with Gasteiger partial charge in [-0.1, -0.05) is 102 Å². The van der Waals surface area contributed by atoms with Gasteiger partial charge in [0.05, 0.1) is 13.2 Å². The Labute approximate surface area is 391 Å². The molecule has 4 rings (SSSR count). The molecule has 0 aliphatic carbocycles. The molecule has 15 heteroatoms. The third kappa shape index (κ3) is 17.4. The number of rotatable bonds is 27. The van der Waals surface area contributed by atoms with Gasteiger partial charge in [0, 0.05) is 17.7 Å². The zero-order valence-electron chi connectivity index (χ0n) is 39.0. The number of guanidine groups is 1. The molecule has 0 saturated carbocycles. The normalized spacial score (nSPS) is 12.6. The van der Waals surface area contributed by atoms with E-state index in [4.69, 9.17) is 31.4 Å². The third-order valence-electron chi connectivity index (χ3n) is 10.8. The van der Waals surface area contributed by atoms with E-state index in [1.165, 1.54) is 0 Å². The molecule has 356 valence electrons. The van der Waals surface area contributed by atoms with Gasteiger partial charge in [0.25, 0.3) is 5.91 Å². The number of fused-ring (bicyclic) bond motifs is 2. The van der Waals surface area contributed by atoms with Crippen molar-refractivity contribution in [1.29, 1.82) is 0 Å². The van der Waals surface area contributed by atoms with E-state index in [2.05, 4.69) is 46.9 Å². The van der Waals surface area contributed by atoms with Crippen LogP contribution in [0.2, 0.25) is 0 Å². The fourth-order valence-electron chi connectivity index (χ4n) is 7.30. The fraction of sp³-hybridized carbons (Fsp3) is 0.500. The molecule has 9 N–H and O–H groups in total. The van der Waals surface area contributed by atoms with Gasteiger partial charge in [-0.05, 0) is 109 Å². The first-order valence-electron chi connectivity index (χ1n) is 22.8. The number of ether oxygens (including phenoxy) is 3. The molecule has 0 heterocycles. The molecule has 3 atom stereocenters. The second-order valence-corrected chi connectivity index (χ2v) is 17.6. The van der Waals surface area contributed by atoms with Crippen LogP contribution in [0, 0.1) is 17.8 Å². The lowest BCUT2D eigenvalue weighted by Crippen LogP contribution is -2.56. The Hall–Kier alpha value is -5.60. The summed E-state index contributed by atoms with van der Waals surface area (Å²) in [5.74, 6) is -0.281. The van der Waals surface area contributed by atoms with E-state index in [9.17, 15) is 19.2 Å². The Morgan fingerprint density at radius 2 is 1.12 bits per heavy atom. The highest BCUT2D eigenvalue weighted by Crippen LogP contribution is 2.45. The molecule has 0 fully saturated rings. The molecule has 0 bridgehead atoms. The van der Waals surface area contributed by atoms with Crippen molar-refractivity contribution < 1.29 is 33.4 Å². The van der Waals surface area contributed by atoms with Crippen molar-refractivity contribution in [1.82, 2.24) is 16.0 Å². The van der Waals surface area contributed by atoms with E-state index in [0.717, 1.165) is 39.1 Å². The molecule has 4 aromatic carbocycles. The average Bonchev–Trinajstić information content (AvgIpc) is 3.25. The molecular weight excluding hydrogens is 846 g/mol. The Morgan fingerprint density at radius 1 is 0.600 bits per heavy atom. The topological polar surface area (TPSA) is 222 Å². The first kappa shape index (κ1) is 53.7. The Morgan fingerprint density at radius 3 is 1.68 bits per heavy atom. The van der Waals surface area contributed by atoms with Gasteiger partial charge >= 0.3 is 5.97 Å². The first-order valence-corrected chi connectivity index (χ1v) is 22.8. The lowest BCUT2D eigenvalue weighted by molar-refractivity contribution is -0.149. The standard InChI is InChI=1S/C50H71N7O7.ClH/c1-32(2)24-28-62-42-22-20-35-14-7-9-16-37(35)45(42)46-38-17-10-8-15-36(38)21-23-43(46)64-31-44(58)55-39(18-11-12-26-51)47(59)56-40(19-13-27-54-50(52)53)48(60)57-41(30-34(5)6)49(61)63-29-25-33(3)4;/h7-10,14-17,20-23,32-34,39-41H,11-13,18-19,24-31,51H2,1-6H3,(H,55,58)(H,56,59)(H,57,60)(H4,52,53,54);1H. The van der Waals surface area contributed by atoms with Crippen molar-refractivity contribution in [3.05, 3.63) is 72.8 Å². The third-order valence-corrected chi connectivity index (χ3v) is 10.8. The second-order valence-electron chi connectivity index (χ2n) is 17.6. The van der Waals surface area contributed by atoms with E-state index in [0.29, 0.717) is 68.6 Å². The number of amides is 3. The summed E-state index contributed by atoms with van der Waals surface area (Å²) in [4.78, 5) is 59.1. The summed E-state index contributed by atoms with van der Waals surface area (Å²) >= 11 is 0. The van der Waals surface area contributed by atoms with E-state index in [1.807, 2.05) is 88.4 Å². The van der Waals surface area contributed by atoms with Crippen molar-refractivity contribution >= 4 is 63.6 Å². The molecule has 0 radical (unpaired) electrons. The predicted octanol–water partition coefficient (Wildman–Crippen LogP) is 7.16. The maximum absolute atomic E-state index is 14.1. The number of benzene rings is 4. The van der Waals surface area contributed by atoms with Gasteiger partial charge in [-0.3, -0.25) is 19.4 Å². The van der Waals surface area contributed by atoms with Crippen molar-refractivity contribution in [3.8, 4) is 22.6 Å². The number of halogens is 1. The molecule has 0 aliphatic rings. The number of nitrogens with two attached hydrogens (primary N) is 3. The largest absolute Gasteiger partial charge is 0.493 e. The van der Waals surface area contributed by atoms with E-state index in [-0.39, 0.29) is 50.3 Å². The van der Waals surface area contributed by atoms with E-state index < -0.39 is 48.4 Å². The van der Waals surface area contributed by atoms with Crippen LogP contribution in [-0.4, -0.2) is 80.7 Å². The molecule has 0 aromatic heterocycles. The number of carbonyl (C=O) groups excluding carboxylic acids is 4. The number of hydrogen-bond donors (Lipinski definition) is 6. The zero-order chi connectivity index (χ0) is 46.6. The van der Waals surface area contributed by atoms with E-state index >= 15 is 0 Å². The zero-order valence-corrected chi connectivity index (χ0v) is 39.8. The molecule has 0 aliphatic heterocycles. The fourth-order valence-corrected chi connectivity index (χ4v) is 7.30. The lowest BCUT2D eigenvalue weighted by atomic mass is 9.92. The van der Waals surface area contributed by atoms with Gasteiger partial charge in [-0.2, -0.15) is 0 Å². The first-order chi connectivity index (χ1) is 30.7. The van der Waals surface area contributed by atoms with Gasteiger partial charge in [0.15, 0.2) is 12.6 Å². The maximum atomic E-state index is 14.1. The van der Waals surface area contributed by atoms with Crippen molar-refractivity contribution in [2.24, 2.45) is 39.9 Å². The highest BCUT2D eigenvalue weighted by atomic mass is 35.5. The van der Waals surface area contributed by atoms with Crippen LogP contribution in [0.1, 0.15) is 92.9 Å². The quantitative estimate of drug-likeness (QED) is 0.0153. The Bertz CT molecular complexity index is 2180. The van der Waals surface area contributed by atoms with Gasteiger partial charge in [0.1, 0.15) is 29.6 Å². The SMILES string of the molecule is CC(C)CCOC(=O)C(CC(C)C)NC(=O)C(CCCN=C(N)N)NC(=O)C(CCCCN)NC(=O)COc1ccc2ccccc2c1-c1c(OCCC(C)C)ccc2ccccc12.Cl. The minimum Gasteiger partial charge on any atom is -0.493 e. The van der Waals surface area contributed by atoms with Gasteiger partial charge in [0.2, 0.25) is 11.8 Å². The summed E-state index contributed by atoms with van der Waals surface area (Å²) in [5, 5.41) is 12.5. The van der Waals surface area contributed by atoms with Crippen LogP contribution in [0.3, 0.4) is 0 Å². The monoisotopic (exact) mass is 918 g/mol. The number of hydrogen-bond acceptors (Lipinski definition) is 9. The Balaban J connectivity index is 0.0000112. The van der Waals surface area contributed by atoms with Crippen LogP contribution >= 0.6 is 12.4 Å². The van der Waals surface area contributed by atoms with Crippen LogP contribution in [-0.2, 0) is 23.9 Å². The summed E-state index contributed by atoms with van der Waals surface area (Å²) in [7, 11) is 0. The van der Waals surface area contributed by atoms with Crippen molar-refractivity contribution in [2.75, 3.05) is 32.9 Å². The van der Waals surface area contributed by atoms with Gasteiger partial charge in [-0.25, -0.2) is 4.79 Å². The van der Waals surface area contributed by atoms with Gasteiger partial charge < -0.3 is 47.4 Å². The second kappa shape index (κ2) is 27.7. The molecule has 3 unspecified atom stereocenters. The van der Waals surface area contributed by atoms with Crippen molar-refractivity contribution in [2.45, 2.75) is 111 Å². The number of aliphatic imine (C=N–C) groups is 1. The van der Waals surface area contributed by atoms with Crippen LogP contribution in [0.15, 0.2) is 77.8 Å². The highest BCUT2D eigenvalue weighted by Gasteiger charge is 2.31. The number of carbonyl (C=O) groups is 4. The minimum absolute atomic E-state index is 0.